The number of nitrogens with one attached hydrogen (secondary N) is 1. The highest BCUT2D eigenvalue weighted by molar-refractivity contribution is 6.11. The molecule has 1 atom stereocenters. The van der Waals surface area contributed by atoms with E-state index in [9.17, 15) is 14.4 Å². The zero-order valence-corrected chi connectivity index (χ0v) is 15.5. The van der Waals surface area contributed by atoms with Crippen LogP contribution in [-0.2, 0) is 28.0 Å². The molecule has 0 unspecified atom stereocenters. The van der Waals surface area contributed by atoms with Gasteiger partial charge in [0, 0.05) is 12.2 Å². The van der Waals surface area contributed by atoms with Crippen molar-refractivity contribution in [2.24, 2.45) is 0 Å². The summed E-state index contributed by atoms with van der Waals surface area (Å²) in [5.41, 5.74) is 2.91. The van der Waals surface area contributed by atoms with Crippen molar-refractivity contribution in [3.63, 3.8) is 0 Å². The summed E-state index contributed by atoms with van der Waals surface area (Å²) in [4.78, 5) is 41.7. The number of rotatable bonds is 2. The molecule has 5 rings (SSSR count). The van der Waals surface area contributed by atoms with Crippen molar-refractivity contribution in [1.29, 1.82) is 0 Å². The Bertz CT molecular complexity index is 1000. The summed E-state index contributed by atoms with van der Waals surface area (Å²) in [7, 11) is 0. The number of fused-ring (bicyclic) bond motifs is 3. The standard InChI is InChI=1S/C22H21N3O3/c26-19(24-13-11-16-7-2-4-10-18(16)24)14-25-20(27)22(23-21(25)28)12-5-8-15-6-1-3-9-17(15)22/h1-4,6-7,9-10H,5,8,11-14H2,(H,23,28)/t22-/m0/s1. The second kappa shape index (κ2) is 6.19. The summed E-state index contributed by atoms with van der Waals surface area (Å²) in [6.45, 7) is 0.346. The van der Waals surface area contributed by atoms with Gasteiger partial charge < -0.3 is 10.2 Å². The normalized spacial score (nSPS) is 23.0. The molecule has 1 spiro atoms. The van der Waals surface area contributed by atoms with Crippen molar-refractivity contribution in [1.82, 2.24) is 10.2 Å². The molecule has 6 heteroatoms. The fourth-order valence-corrected chi connectivity index (χ4v) is 4.77. The summed E-state index contributed by atoms with van der Waals surface area (Å²) in [5.74, 6) is -0.542. The van der Waals surface area contributed by atoms with Crippen molar-refractivity contribution in [3.05, 3.63) is 65.2 Å². The third-order valence-electron chi connectivity index (χ3n) is 6.13. The van der Waals surface area contributed by atoms with Crippen LogP contribution in [0, 0.1) is 0 Å². The third-order valence-corrected chi connectivity index (χ3v) is 6.13. The Balaban J connectivity index is 1.42. The number of aryl methyl sites for hydroxylation is 1. The van der Waals surface area contributed by atoms with Gasteiger partial charge in [0.05, 0.1) is 0 Å². The molecule has 2 heterocycles. The molecule has 0 bridgehead atoms. The molecule has 28 heavy (non-hydrogen) atoms. The Morgan fingerprint density at radius 3 is 2.61 bits per heavy atom. The van der Waals surface area contributed by atoms with Crippen molar-refractivity contribution in [2.75, 3.05) is 18.0 Å². The SMILES string of the molecule is O=C1N[C@]2(CCCc3ccccc32)C(=O)N1CC(=O)N1CCc2ccccc21. The molecule has 0 aromatic heterocycles. The minimum Gasteiger partial charge on any atom is -0.319 e. The molecule has 2 aliphatic heterocycles. The van der Waals surface area contributed by atoms with Crippen LogP contribution in [0.25, 0.3) is 0 Å². The van der Waals surface area contributed by atoms with Crippen LogP contribution < -0.4 is 10.2 Å². The molecule has 0 radical (unpaired) electrons. The van der Waals surface area contributed by atoms with Crippen LogP contribution in [0.3, 0.4) is 0 Å². The summed E-state index contributed by atoms with van der Waals surface area (Å²) in [6, 6.07) is 15.0. The predicted molar refractivity (Wildman–Crippen MR) is 104 cm³/mol. The second-order valence-electron chi connectivity index (χ2n) is 7.66. The van der Waals surface area contributed by atoms with Crippen LogP contribution in [0.1, 0.15) is 29.5 Å². The molecule has 4 amide bonds. The maximum absolute atomic E-state index is 13.3. The molecule has 1 aliphatic carbocycles. The Morgan fingerprint density at radius 2 is 1.75 bits per heavy atom. The maximum atomic E-state index is 13.3. The lowest BCUT2D eigenvalue weighted by Crippen LogP contribution is -2.47. The Morgan fingerprint density at radius 1 is 1.00 bits per heavy atom. The maximum Gasteiger partial charge on any atom is 0.325 e. The topological polar surface area (TPSA) is 69.7 Å². The van der Waals surface area contributed by atoms with E-state index < -0.39 is 11.6 Å². The Kier molecular flexibility index (Phi) is 3.75. The zero-order valence-electron chi connectivity index (χ0n) is 15.5. The van der Waals surface area contributed by atoms with Gasteiger partial charge in [-0.1, -0.05) is 42.5 Å². The van der Waals surface area contributed by atoms with E-state index in [0.717, 1.165) is 46.5 Å². The van der Waals surface area contributed by atoms with E-state index in [4.69, 9.17) is 0 Å². The number of carbonyl (C=O) groups excluding carboxylic acids is 3. The van der Waals surface area contributed by atoms with E-state index in [1.807, 2.05) is 48.5 Å². The zero-order chi connectivity index (χ0) is 19.3. The Hall–Kier alpha value is -3.15. The fraction of sp³-hybridized carbons (Fsp3) is 0.318. The number of hydrogen-bond donors (Lipinski definition) is 1. The molecule has 2 aromatic rings. The molecule has 3 aliphatic rings. The lowest BCUT2D eigenvalue weighted by molar-refractivity contribution is -0.135. The van der Waals surface area contributed by atoms with E-state index in [-0.39, 0.29) is 18.4 Å². The Labute approximate surface area is 163 Å². The van der Waals surface area contributed by atoms with E-state index in [2.05, 4.69) is 5.32 Å². The molecule has 1 fully saturated rings. The van der Waals surface area contributed by atoms with Crippen molar-refractivity contribution < 1.29 is 14.4 Å². The van der Waals surface area contributed by atoms with E-state index in [1.54, 1.807) is 4.90 Å². The minimum atomic E-state index is -1.03. The van der Waals surface area contributed by atoms with E-state index in [1.165, 1.54) is 0 Å². The van der Waals surface area contributed by atoms with Gasteiger partial charge in [-0.2, -0.15) is 0 Å². The lowest BCUT2D eigenvalue weighted by Gasteiger charge is -2.33. The summed E-state index contributed by atoms with van der Waals surface area (Å²) < 4.78 is 0. The average molecular weight is 375 g/mol. The molecular weight excluding hydrogens is 354 g/mol. The molecule has 0 saturated carbocycles. The number of para-hydroxylation sites is 1. The highest BCUT2D eigenvalue weighted by atomic mass is 16.2. The number of amides is 4. The quantitative estimate of drug-likeness (QED) is 0.820. The first-order valence-corrected chi connectivity index (χ1v) is 9.71. The number of imide groups is 1. The van der Waals surface area contributed by atoms with Crippen molar-refractivity contribution in [2.45, 2.75) is 31.2 Å². The van der Waals surface area contributed by atoms with Crippen molar-refractivity contribution >= 4 is 23.5 Å². The summed E-state index contributed by atoms with van der Waals surface area (Å²) in [5, 5.41) is 2.91. The van der Waals surface area contributed by atoms with Gasteiger partial charge in [0.1, 0.15) is 12.1 Å². The number of benzene rings is 2. The molecular formula is C22H21N3O3. The van der Waals surface area contributed by atoms with Gasteiger partial charge in [-0.05, 0) is 48.4 Å². The summed E-state index contributed by atoms with van der Waals surface area (Å²) in [6.07, 6.45) is 3.07. The first-order valence-electron chi connectivity index (χ1n) is 9.71. The number of hydrogen-bond acceptors (Lipinski definition) is 3. The van der Waals surface area contributed by atoms with Crippen LogP contribution in [0.2, 0.25) is 0 Å². The van der Waals surface area contributed by atoms with Gasteiger partial charge in [0.25, 0.3) is 5.91 Å². The highest BCUT2D eigenvalue weighted by Gasteiger charge is 2.54. The molecule has 1 N–H and O–H groups in total. The first kappa shape index (κ1) is 17.0. The van der Waals surface area contributed by atoms with Gasteiger partial charge in [-0.15, -0.1) is 0 Å². The number of nitrogens with zero attached hydrogens (tertiary/aromatic N) is 2. The van der Waals surface area contributed by atoms with Gasteiger partial charge >= 0.3 is 6.03 Å². The minimum absolute atomic E-state index is 0.227. The highest BCUT2D eigenvalue weighted by Crippen LogP contribution is 2.40. The van der Waals surface area contributed by atoms with Crippen LogP contribution in [0.15, 0.2) is 48.5 Å². The first-order chi connectivity index (χ1) is 13.6. The molecule has 1 saturated heterocycles. The van der Waals surface area contributed by atoms with Crippen LogP contribution >= 0.6 is 0 Å². The van der Waals surface area contributed by atoms with Gasteiger partial charge in [-0.3, -0.25) is 14.5 Å². The van der Waals surface area contributed by atoms with Gasteiger partial charge in [-0.25, -0.2) is 4.79 Å². The van der Waals surface area contributed by atoms with Crippen LogP contribution in [0.5, 0.6) is 0 Å². The lowest BCUT2D eigenvalue weighted by atomic mass is 9.76. The predicted octanol–water partition coefficient (Wildman–Crippen LogP) is 2.36. The number of urea groups is 1. The molecule has 6 nitrogen and oxygen atoms in total. The monoisotopic (exact) mass is 375 g/mol. The van der Waals surface area contributed by atoms with E-state index >= 15 is 0 Å². The summed E-state index contributed by atoms with van der Waals surface area (Å²) >= 11 is 0. The van der Waals surface area contributed by atoms with Gasteiger partial charge in [0.2, 0.25) is 5.91 Å². The number of carbonyl (C=O) groups is 3. The van der Waals surface area contributed by atoms with E-state index in [0.29, 0.717) is 13.0 Å². The second-order valence-corrected chi connectivity index (χ2v) is 7.66. The van der Waals surface area contributed by atoms with Crippen molar-refractivity contribution in [3.8, 4) is 0 Å². The average Bonchev–Trinajstić information content (AvgIpc) is 3.24. The van der Waals surface area contributed by atoms with Crippen LogP contribution in [-0.4, -0.2) is 35.8 Å². The molecule has 2 aromatic carbocycles. The molecule has 142 valence electrons. The fourth-order valence-electron chi connectivity index (χ4n) is 4.77. The van der Waals surface area contributed by atoms with Crippen LogP contribution in [0.4, 0.5) is 10.5 Å². The van der Waals surface area contributed by atoms with Gasteiger partial charge in [0.15, 0.2) is 0 Å². The number of anilines is 1. The largest absolute Gasteiger partial charge is 0.325 e. The smallest absolute Gasteiger partial charge is 0.319 e. The third kappa shape index (κ3) is 2.37.